The predicted molar refractivity (Wildman–Crippen MR) is 85.8 cm³/mol. The van der Waals surface area contributed by atoms with Crippen LogP contribution in [-0.2, 0) is 25.5 Å². The minimum Gasteiger partial charge on any atom is -0.482 e. The van der Waals surface area contributed by atoms with Crippen molar-refractivity contribution in [3.05, 3.63) is 28.2 Å². The monoisotopic (exact) mass is 372 g/mol. The van der Waals surface area contributed by atoms with E-state index in [-0.39, 0.29) is 19.0 Å². The van der Waals surface area contributed by atoms with Gasteiger partial charge >= 0.3 is 11.9 Å². The molecule has 0 aliphatic heterocycles. The zero-order valence-electron chi connectivity index (χ0n) is 13.3. The maximum absolute atomic E-state index is 12.0. The molecule has 0 N–H and O–H groups in total. The Morgan fingerprint density at radius 2 is 1.86 bits per heavy atom. The second kappa shape index (κ2) is 8.17. The summed E-state index contributed by atoms with van der Waals surface area (Å²) < 4.78 is 16.3. The van der Waals surface area contributed by atoms with Crippen LogP contribution in [0.25, 0.3) is 0 Å². The fourth-order valence-corrected chi connectivity index (χ4v) is 2.20. The second-order valence-corrected chi connectivity index (χ2v) is 6.43. The zero-order valence-corrected chi connectivity index (χ0v) is 14.9. The van der Waals surface area contributed by atoms with Gasteiger partial charge in [-0.25, -0.2) is 4.79 Å². The molecule has 1 aromatic carbocycles. The zero-order chi connectivity index (χ0) is 16.8. The lowest BCUT2D eigenvalue weighted by atomic mass is 10.1. The van der Waals surface area contributed by atoms with Gasteiger partial charge in [-0.05, 0) is 39.8 Å². The van der Waals surface area contributed by atoms with Gasteiger partial charge in [-0.2, -0.15) is 0 Å². The van der Waals surface area contributed by atoms with Crippen LogP contribution in [0.5, 0.6) is 5.75 Å². The van der Waals surface area contributed by atoms with Crippen LogP contribution in [-0.4, -0.2) is 30.8 Å². The first-order chi connectivity index (χ1) is 10.2. The average molecular weight is 373 g/mol. The van der Waals surface area contributed by atoms with Gasteiger partial charge in [0.05, 0.1) is 13.0 Å². The normalized spacial score (nSPS) is 11.0. The van der Waals surface area contributed by atoms with Gasteiger partial charge in [0.1, 0.15) is 11.4 Å². The van der Waals surface area contributed by atoms with E-state index < -0.39 is 11.6 Å². The molecule has 1 aromatic rings. The Morgan fingerprint density at radius 1 is 1.18 bits per heavy atom. The first kappa shape index (κ1) is 18.5. The van der Waals surface area contributed by atoms with Crippen LogP contribution >= 0.6 is 15.9 Å². The fraction of sp³-hybridized carbons (Fsp3) is 0.500. The van der Waals surface area contributed by atoms with Crippen molar-refractivity contribution in [1.29, 1.82) is 0 Å². The summed E-state index contributed by atoms with van der Waals surface area (Å²) in [5, 5.41) is 0. The average Bonchev–Trinajstić information content (AvgIpc) is 2.37. The van der Waals surface area contributed by atoms with Crippen LogP contribution in [0.2, 0.25) is 0 Å². The van der Waals surface area contributed by atoms with E-state index in [9.17, 15) is 9.59 Å². The van der Waals surface area contributed by atoms with Crippen molar-refractivity contribution in [3.63, 3.8) is 0 Å². The van der Waals surface area contributed by atoms with E-state index in [0.717, 1.165) is 4.47 Å². The summed E-state index contributed by atoms with van der Waals surface area (Å²) in [6.07, 6.45) is 0.0524. The molecule has 0 aliphatic rings. The summed E-state index contributed by atoms with van der Waals surface area (Å²) in [4.78, 5) is 23.4. The Bertz CT molecular complexity index is 534. The second-order valence-electron chi connectivity index (χ2n) is 5.57. The molecular formula is C16H21BrO5. The predicted octanol–water partition coefficient (Wildman–Crippen LogP) is 3.28. The van der Waals surface area contributed by atoms with E-state index in [4.69, 9.17) is 14.2 Å². The Kier molecular flexibility index (Phi) is 6.87. The molecule has 0 bridgehead atoms. The van der Waals surface area contributed by atoms with Crippen molar-refractivity contribution < 1.29 is 23.8 Å². The summed E-state index contributed by atoms with van der Waals surface area (Å²) in [5.41, 5.74) is 0.0886. The number of carbonyl (C=O) groups excluding carboxylic acids is 2. The third kappa shape index (κ3) is 6.47. The first-order valence-electron chi connectivity index (χ1n) is 7.00. The minimum atomic E-state index is -0.551. The number of esters is 2. The molecule has 0 unspecified atom stereocenters. The quantitative estimate of drug-likeness (QED) is 0.717. The molecule has 0 saturated heterocycles. The lowest BCUT2D eigenvalue weighted by Gasteiger charge is -2.20. The molecule has 0 aromatic heterocycles. The Balaban J connectivity index is 2.81. The third-order valence-electron chi connectivity index (χ3n) is 2.47. The fourth-order valence-electron chi connectivity index (χ4n) is 1.71. The van der Waals surface area contributed by atoms with Crippen LogP contribution in [0, 0.1) is 0 Å². The highest BCUT2D eigenvalue weighted by Crippen LogP contribution is 2.28. The number of rotatable bonds is 6. The van der Waals surface area contributed by atoms with E-state index in [1.54, 1.807) is 25.1 Å². The number of carbonyl (C=O) groups is 2. The van der Waals surface area contributed by atoms with Gasteiger partial charge in [-0.1, -0.05) is 22.0 Å². The topological polar surface area (TPSA) is 61.8 Å². The first-order valence-corrected chi connectivity index (χ1v) is 7.80. The van der Waals surface area contributed by atoms with Gasteiger partial charge in [0, 0.05) is 10.0 Å². The van der Waals surface area contributed by atoms with E-state index in [1.165, 1.54) is 0 Å². The largest absolute Gasteiger partial charge is 0.482 e. The molecule has 0 amide bonds. The molecule has 22 heavy (non-hydrogen) atoms. The van der Waals surface area contributed by atoms with Crippen molar-refractivity contribution in [2.75, 3.05) is 13.2 Å². The lowest BCUT2D eigenvalue weighted by Crippen LogP contribution is -2.25. The summed E-state index contributed by atoms with van der Waals surface area (Å²) in [7, 11) is 0. The molecule has 0 aliphatic carbocycles. The molecule has 0 fully saturated rings. The number of halogens is 1. The van der Waals surface area contributed by atoms with E-state index in [1.807, 2.05) is 20.8 Å². The van der Waals surface area contributed by atoms with Crippen LogP contribution in [0.15, 0.2) is 22.7 Å². The van der Waals surface area contributed by atoms with E-state index in [0.29, 0.717) is 17.9 Å². The van der Waals surface area contributed by atoms with Gasteiger partial charge in [0.15, 0.2) is 6.61 Å². The van der Waals surface area contributed by atoms with Gasteiger partial charge in [0.25, 0.3) is 0 Å². The van der Waals surface area contributed by atoms with Crippen molar-refractivity contribution in [1.82, 2.24) is 0 Å². The molecular weight excluding hydrogens is 352 g/mol. The molecule has 0 spiro atoms. The number of benzene rings is 1. The molecule has 1 rings (SSSR count). The SMILES string of the molecule is CCOC(=O)COc1cccc(Br)c1CC(=O)OC(C)(C)C. The number of hydrogen-bond acceptors (Lipinski definition) is 5. The van der Waals surface area contributed by atoms with Crippen molar-refractivity contribution >= 4 is 27.9 Å². The maximum atomic E-state index is 12.0. The van der Waals surface area contributed by atoms with Gasteiger partial charge in [-0.15, -0.1) is 0 Å². The Hall–Kier alpha value is -1.56. The Labute approximate surface area is 139 Å². The molecule has 122 valence electrons. The minimum absolute atomic E-state index is 0.0524. The molecule has 0 radical (unpaired) electrons. The standard InChI is InChI=1S/C16H21BrO5/c1-5-20-15(19)10-21-13-8-6-7-12(17)11(13)9-14(18)22-16(2,3)4/h6-8H,5,9-10H2,1-4H3. The summed E-state index contributed by atoms with van der Waals surface area (Å²) in [5.74, 6) is -0.362. The number of ether oxygens (including phenoxy) is 3. The summed E-state index contributed by atoms with van der Waals surface area (Å²) >= 11 is 3.39. The molecule has 0 saturated carbocycles. The maximum Gasteiger partial charge on any atom is 0.344 e. The highest BCUT2D eigenvalue weighted by Gasteiger charge is 2.20. The Morgan fingerprint density at radius 3 is 2.45 bits per heavy atom. The highest BCUT2D eigenvalue weighted by atomic mass is 79.9. The van der Waals surface area contributed by atoms with Crippen LogP contribution in [0.1, 0.15) is 33.3 Å². The summed E-state index contributed by atoms with van der Waals surface area (Å²) in [6, 6.07) is 5.27. The van der Waals surface area contributed by atoms with Gasteiger partial charge in [-0.3, -0.25) is 4.79 Å². The van der Waals surface area contributed by atoms with Gasteiger partial charge < -0.3 is 14.2 Å². The number of hydrogen-bond donors (Lipinski definition) is 0. The molecule has 0 atom stereocenters. The van der Waals surface area contributed by atoms with Crippen molar-refractivity contribution in [2.45, 2.75) is 39.7 Å². The van der Waals surface area contributed by atoms with Crippen molar-refractivity contribution in [2.24, 2.45) is 0 Å². The van der Waals surface area contributed by atoms with Crippen molar-refractivity contribution in [3.8, 4) is 5.75 Å². The highest BCUT2D eigenvalue weighted by molar-refractivity contribution is 9.10. The molecule has 5 nitrogen and oxygen atoms in total. The molecule has 6 heteroatoms. The summed E-state index contributed by atoms with van der Waals surface area (Å²) in [6.45, 7) is 7.25. The lowest BCUT2D eigenvalue weighted by molar-refractivity contribution is -0.154. The van der Waals surface area contributed by atoms with E-state index >= 15 is 0 Å². The van der Waals surface area contributed by atoms with Crippen LogP contribution in [0.4, 0.5) is 0 Å². The van der Waals surface area contributed by atoms with E-state index in [2.05, 4.69) is 15.9 Å². The van der Waals surface area contributed by atoms with Gasteiger partial charge in [0.2, 0.25) is 0 Å². The molecule has 0 heterocycles. The van der Waals surface area contributed by atoms with Crippen LogP contribution < -0.4 is 4.74 Å². The smallest absolute Gasteiger partial charge is 0.344 e. The van der Waals surface area contributed by atoms with Crippen LogP contribution in [0.3, 0.4) is 0 Å². The third-order valence-corrected chi connectivity index (χ3v) is 3.21.